The molecule has 0 radical (unpaired) electrons. The average Bonchev–Trinajstić information content (AvgIpc) is 2.70. The number of epoxide rings is 1. The van der Waals surface area contributed by atoms with Gasteiger partial charge in [-0.25, -0.2) is 4.79 Å². The molecule has 1 saturated heterocycles. The van der Waals surface area contributed by atoms with Crippen LogP contribution < -0.4 is 0 Å². The molecule has 1 heterocycles. The second-order valence-corrected chi connectivity index (χ2v) is 1.68. The van der Waals surface area contributed by atoms with Gasteiger partial charge < -0.3 is 14.9 Å². The molecule has 0 aliphatic carbocycles. The topological polar surface area (TPSA) is 70.1 Å². The molecular formula is C6H10O4. The maximum absolute atomic E-state index is 9.25. The molecule has 10 heavy (non-hydrogen) atoms. The van der Waals surface area contributed by atoms with E-state index in [0.717, 1.165) is 12.7 Å². The Balaban J connectivity index is 0.000000162. The third kappa shape index (κ3) is 7.13. The third-order valence-electron chi connectivity index (χ3n) is 0.781. The Morgan fingerprint density at radius 2 is 2.30 bits per heavy atom. The highest BCUT2D eigenvalue weighted by Crippen LogP contribution is 2.04. The lowest BCUT2D eigenvalue weighted by Gasteiger charge is -1.70. The van der Waals surface area contributed by atoms with Crippen molar-refractivity contribution in [1.29, 1.82) is 0 Å². The Labute approximate surface area is 58.7 Å². The number of hydrogen-bond acceptors (Lipinski definition) is 3. The van der Waals surface area contributed by atoms with Crippen LogP contribution in [-0.2, 0) is 9.53 Å². The first kappa shape index (κ1) is 9.13. The molecule has 1 unspecified atom stereocenters. The quantitative estimate of drug-likeness (QED) is 0.412. The van der Waals surface area contributed by atoms with Gasteiger partial charge in [0.05, 0.1) is 13.2 Å². The minimum absolute atomic E-state index is 0.190. The SMILES string of the molecule is C=CC(=O)O.OCC1CO1. The van der Waals surface area contributed by atoms with Gasteiger partial charge in [0, 0.05) is 6.08 Å². The lowest BCUT2D eigenvalue weighted by Crippen LogP contribution is -1.88. The molecule has 1 fully saturated rings. The van der Waals surface area contributed by atoms with E-state index in [1.54, 1.807) is 0 Å². The van der Waals surface area contributed by atoms with Crippen LogP contribution >= 0.6 is 0 Å². The van der Waals surface area contributed by atoms with Crippen LogP contribution in [0.4, 0.5) is 0 Å². The van der Waals surface area contributed by atoms with E-state index in [1.165, 1.54) is 0 Å². The lowest BCUT2D eigenvalue weighted by atomic mass is 10.5. The van der Waals surface area contributed by atoms with Crippen LogP contribution in [0, 0.1) is 0 Å². The zero-order chi connectivity index (χ0) is 7.98. The molecule has 1 aliphatic heterocycles. The normalized spacial score (nSPS) is 20.3. The average molecular weight is 146 g/mol. The molecule has 0 amide bonds. The van der Waals surface area contributed by atoms with Crippen LogP contribution in [0.1, 0.15) is 0 Å². The van der Waals surface area contributed by atoms with Crippen LogP contribution in [-0.4, -0.2) is 35.5 Å². The van der Waals surface area contributed by atoms with E-state index in [0.29, 0.717) is 0 Å². The highest BCUT2D eigenvalue weighted by atomic mass is 16.6. The van der Waals surface area contributed by atoms with E-state index in [9.17, 15) is 4.79 Å². The first-order chi connectivity index (χ1) is 4.70. The Kier molecular flexibility index (Phi) is 4.53. The van der Waals surface area contributed by atoms with E-state index in [1.807, 2.05) is 0 Å². The van der Waals surface area contributed by atoms with Gasteiger partial charge in [-0.1, -0.05) is 6.58 Å². The number of carboxylic acid groups (broad SMARTS) is 1. The van der Waals surface area contributed by atoms with E-state index in [2.05, 4.69) is 11.3 Å². The van der Waals surface area contributed by atoms with E-state index in [-0.39, 0.29) is 12.7 Å². The monoisotopic (exact) mass is 146 g/mol. The summed E-state index contributed by atoms with van der Waals surface area (Å²) in [5, 5.41) is 15.7. The molecule has 0 bridgehead atoms. The first-order valence-corrected chi connectivity index (χ1v) is 2.78. The molecule has 0 aromatic heterocycles. The van der Waals surface area contributed by atoms with Gasteiger partial charge in [-0.2, -0.15) is 0 Å². The van der Waals surface area contributed by atoms with Crippen molar-refractivity contribution in [3.05, 3.63) is 12.7 Å². The molecule has 1 rings (SSSR count). The minimum atomic E-state index is -0.981. The van der Waals surface area contributed by atoms with Gasteiger partial charge in [0.25, 0.3) is 0 Å². The molecule has 4 nitrogen and oxygen atoms in total. The van der Waals surface area contributed by atoms with E-state index >= 15 is 0 Å². The van der Waals surface area contributed by atoms with Crippen molar-refractivity contribution in [3.63, 3.8) is 0 Å². The molecule has 0 aromatic rings. The maximum atomic E-state index is 9.25. The highest BCUT2D eigenvalue weighted by molar-refractivity contribution is 5.78. The van der Waals surface area contributed by atoms with Gasteiger partial charge in [0.15, 0.2) is 0 Å². The molecule has 0 aromatic carbocycles. The van der Waals surface area contributed by atoms with Gasteiger partial charge in [-0.05, 0) is 0 Å². The Hall–Kier alpha value is -0.870. The number of aliphatic carboxylic acids is 1. The van der Waals surface area contributed by atoms with Crippen LogP contribution in [0.15, 0.2) is 12.7 Å². The predicted molar refractivity (Wildman–Crippen MR) is 34.7 cm³/mol. The van der Waals surface area contributed by atoms with E-state index < -0.39 is 5.97 Å². The number of ether oxygens (including phenoxy) is 1. The highest BCUT2D eigenvalue weighted by Gasteiger charge is 2.19. The Morgan fingerprint density at radius 3 is 2.30 bits per heavy atom. The Morgan fingerprint density at radius 1 is 1.90 bits per heavy atom. The van der Waals surface area contributed by atoms with Gasteiger partial charge >= 0.3 is 5.97 Å². The van der Waals surface area contributed by atoms with Crippen molar-refractivity contribution < 1.29 is 19.7 Å². The zero-order valence-electron chi connectivity index (χ0n) is 5.49. The fourth-order valence-corrected chi connectivity index (χ4v) is 0.173. The minimum Gasteiger partial charge on any atom is -0.478 e. The summed E-state index contributed by atoms with van der Waals surface area (Å²) in [5.41, 5.74) is 0. The molecule has 1 atom stereocenters. The number of hydrogen-bond donors (Lipinski definition) is 2. The fourth-order valence-electron chi connectivity index (χ4n) is 0.173. The largest absolute Gasteiger partial charge is 0.478 e. The fraction of sp³-hybridized carbons (Fsp3) is 0.500. The summed E-state index contributed by atoms with van der Waals surface area (Å²) in [6.45, 7) is 3.92. The molecule has 0 spiro atoms. The van der Waals surface area contributed by atoms with Crippen molar-refractivity contribution in [2.24, 2.45) is 0 Å². The number of carboxylic acids is 1. The smallest absolute Gasteiger partial charge is 0.327 e. The van der Waals surface area contributed by atoms with Gasteiger partial charge in [0.1, 0.15) is 6.10 Å². The van der Waals surface area contributed by atoms with E-state index in [4.69, 9.17) is 10.2 Å². The molecule has 58 valence electrons. The molecule has 0 saturated carbocycles. The second-order valence-electron chi connectivity index (χ2n) is 1.68. The van der Waals surface area contributed by atoms with Crippen LogP contribution in [0.25, 0.3) is 0 Å². The summed E-state index contributed by atoms with van der Waals surface area (Å²) >= 11 is 0. The summed E-state index contributed by atoms with van der Waals surface area (Å²) in [7, 11) is 0. The lowest BCUT2D eigenvalue weighted by molar-refractivity contribution is -0.131. The summed E-state index contributed by atoms with van der Waals surface area (Å²) < 4.78 is 4.61. The van der Waals surface area contributed by atoms with Crippen molar-refractivity contribution in [2.45, 2.75) is 6.10 Å². The van der Waals surface area contributed by atoms with Crippen molar-refractivity contribution in [1.82, 2.24) is 0 Å². The Bertz CT molecular complexity index is 117. The van der Waals surface area contributed by atoms with Crippen molar-refractivity contribution in [3.8, 4) is 0 Å². The van der Waals surface area contributed by atoms with Gasteiger partial charge in [-0.15, -0.1) is 0 Å². The van der Waals surface area contributed by atoms with Crippen LogP contribution in [0.5, 0.6) is 0 Å². The predicted octanol–water partition coefficient (Wildman–Crippen LogP) is -0.366. The van der Waals surface area contributed by atoms with Crippen molar-refractivity contribution >= 4 is 5.97 Å². The third-order valence-corrected chi connectivity index (χ3v) is 0.781. The molecule has 1 aliphatic rings. The number of aliphatic hydroxyl groups excluding tert-OH is 1. The van der Waals surface area contributed by atoms with Gasteiger partial charge in [-0.3, -0.25) is 0 Å². The number of rotatable bonds is 2. The summed E-state index contributed by atoms with van der Waals surface area (Å²) in [6.07, 6.45) is 1.02. The summed E-state index contributed by atoms with van der Waals surface area (Å²) in [6, 6.07) is 0. The second kappa shape index (κ2) is 4.96. The standard InChI is InChI=1S/C3H6O2.C3H4O2/c4-1-3-2-5-3;1-2-3(4)5/h3-4H,1-2H2;2H,1H2,(H,4,5). The van der Waals surface area contributed by atoms with Crippen LogP contribution in [0.3, 0.4) is 0 Å². The molecule has 4 heteroatoms. The number of aliphatic hydroxyl groups is 1. The molecule has 2 N–H and O–H groups in total. The molecular weight excluding hydrogens is 136 g/mol. The summed E-state index contributed by atoms with van der Waals surface area (Å²) in [4.78, 5) is 9.25. The maximum Gasteiger partial charge on any atom is 0.327 e. The first-order valence-electron chi connectivity index (χ1n) is 2.78. The van der Waals surface area contributed by atoms with Crippen molar-refractivity contribution in [2.75, 3.05) is 13.2 Å². The zero-order valence-corrected chi connectivity index (χ0v) is 5.49. The number of carbonyl (C=O) groups is 1. The van der Waals surface area contributed by atoms with Crippen LogP contribution in [0.2, 0.25) is 0 Å². The summed E-state index contributed by atoms with van der Waals surface area (Å²) in [5.74, 6) is -0.981. The van der Waals surface area contributed by atoms with Gasteiger partial charge in [0.2, 0.25) is 0 Å².